The van der Waals surface area contributed by atoms with Crippen LogP contribution in [0, 0.1) is 6.92 Å². The van der Waals surface area contributed by atoms with Crippen LogP contribution in [-0.2, 0) is 6.18 Å². The Balaban J connectivity index is 2.74. The predicted octanol–water partition coefficient (Wildman–Crippen LogP) is 4.32. The monoisotopic (exact) mass is 289 g/mol. The fraction of sp³-hybridized carbons (Fsp3) is 0.182. The van der Waals surface area contributed by atoms with E-state index in [0.717, 1.165) is 17.7 Å². The number of pyridine rings is 1. The van der Waals surface area contributed by atoms with Gasteiger partial charge in [0.2, 0.25) is 0 Å². The molecule has 1 aromatic carbocycles. The molecule has 0 N–H and O–H groups in total. The van der Waals surface area contributed by atoms with Gasteiger partial charge in [0.1, 0.15) is 0 Å². The lowest BCUT2D eigenvalue weighted by Gasteiger charge is -2.09. The molecule has 2 aromatic rings. The largest absolute Gasteiger partial charge is 0.416 e. The van der Waals surface area contributed by atoms with E-state index in [1.54, 1.807) is 13.1 Å². The Morgan fingerprint density at radius 1 is 1.25 bits per heavy atom. The zero-order valence-corrected chi connectivity index (χ0v) is 9.85. The van der Waals surface area contributed by atoms with Gasteiger partial charge in [-0.15, -0.1) is 0 Å². The number of nitrogens with zero attached hydrogens (tertiary/aromatic N) is 1. The first-order valence-corrected chi connectivity index (χ1v) is 5.31. The molecule has 0 atom stereocenters. The Morgan fingerprint density at radius 3 is 2.56 bits per heavy atom. The molecule has 0 amide bonds. The summed E-state index contributed by atoms with van der Waals surface area (Å²) in [6.45, 7) is 1.76. The van der Waals surface area contributed by atoms with Crippen molar-refractivity contribution in [2.24, 2.45) is 0 Å². The quantitative estimate of drug-likeness (QED) is 0.704. The standard InChI is InChI=1S/C11H7BrF3N/c1-6-8-4-7(11(13,14)15)2-3-10(8)16-5-9(6)12/h2-5H,1H3. The molecule has 0 unspecified atom stereocenters. The van der Waals surface area contributed by atoms with Gasteiger partial charge in [0, 0.05) is 16.1 Å². The van der Waals surface area contributed by atoms with Crippen LogP contribution in [0.2, 0.25) is 0 Å². The first-order valence-electron chi connectivity index (χ1n) is 4.51. The number of benzene rings is 1. The molecule has 0 fully saturated rings. The van der Waals surface area contributed by atoms with Crippen molar-refractivity contribution in [3.05, 3.63) is 40.0 Å². The Morgan fingerprint density at radius 2 is 1.94 bits per heavy atom. The Bertz CT molecular complexity index is 549. The van der Waals surface area contributed by atoms with E-state index in [2.05, 4.69) is 20.9 Å². The number of aryl methyl sites for hydroxylation is 1. The molecule has 84 valence electrons. The molecule has 0 saturated heterocycles. The van der Waals surface area contributed by atoms with E-state index in [-0.39, 0.29) is 0 Å². The van der Waals surface area contributed by atoms with Crippen LogP contribution < -0.4 is 0 Å². The maximum absolute atomic E-state index is 12.5. The lowest BCUT2D eigenvalue weighted by atomic mass is 10.1. The molecule has 1 heterocycles. The summed E-state index contributed by atoms with van der Waals surface area (Å²) in [6.07, 6.45) is -2.73. The molecular formula is C11H7BrF3N. The van der Waals surface area contributed by atoms with E-state index < -0.39 is 11.7 Å². The molecule has 5 heteroatoms. The second-order valence-corrected chi connectivity index (χ2v) is 4.32. The first kappa shape index (κ1) is 11.4. The number of alkyl halides is 3. The third-order valence-corrected chi connectivity index (χ3v) is 3.20. The van der Waals surface area contributed by atoms with Crippen LogP contribution in [0.4, 0.5) is 13.2 Å². The van der Waals surface area contributed by atoms with E-state index in [1.165, 1.54) is 6.07 Å². The third-order valence-electron chi connectivity index (χ3n) is 2.40. The molecule has 0 aliphatic heterocycles. The lowest BCUT2D eigenvalue weighted by molar-refractivity contribution is -0.137. The summed E-state index contributed by atoms with van der Waals surface area (Å²) >= 11 is 3.25. The molecule has 2 rings (SSSR count). The van der Waals surface area contributed by atoms with E-state index in [4.69, 9.17) is 0 Å². The van der Waals surface area contributed by atoms with Crippen LogP contribution in [0.5, 0.6) is 0 Å². The van der Waals surface area contributed by atoms with Crippen LogP contribution >= 0.6 is 15.9 Å². The molecule has 1 aromatic heterocycles. The SMILES string of the molecule is Cc1c(Br)cnc2ccc(C(F)(F)F)cc12. The predicted molar refractivity (Wildman–Crippen MR) is 59.2 cm³/mol. The van der Waals surface area contributed by atoms with Crippen molar-refractivity contribution in [1.82, 2.24) is 4.98 Å². The second kappa shape index (κ2) is 3.73. The normalized spacial score (nSPS) is 12.1. The van der Waals surface area contributed by atoms with E-state index >= 15 is 0 Å². The van der Waals surface area contributed by atoms with Crippen molar-refractivity contribution in [3.63, 3.8) is 0 Å². The molecular weight excluding hydrogens is 283 g/mol. The molecule has 0 aliphatic rings. The number of rotatable bonds is 0. The highest BCUT2D eigenvalue weighted by molar-refractivity contribution is 9.10. The van der Waals surface area contributed by atoms with Crippen LogP contribution in [-0.4, -0.2) is 4.98 Å². The maximum Gasteiger partial charge on any atom is 0.416 e. The average molecular weight is 290 g/mol. The summed E-state index contributed by atoms with van der Waals surface area (Å²) in [5, 5.41) is 0.518. The van der Waals surface area contributed by atoms with Crippen LogP contribution in [0.3, 0.4) is 0 Å². The highest BCUT2D eigenvalue weighted by Gasteiger charge is 2.30. The number of hydrogen-bond donors (Lipinski definition) is 0. The van der Waals surface area contributed by atoms with E-state index in [1.807, 2.05) is 0 Å². The van der Waals surface area contributed by atoms with Crippen molar-refractivity contribution >= 4 is 26.8 Å². The average Bonchev–Trinajstić information content (AvgIpc) is 2.22. The van der Waals surface area contributed by atoms with Crippen LogP contribution in [0.25, 0.3) is 10.9 Å². The molecule has 0 aliphatic carbocycles. The van der Waals surface area contributed by atoms with E-state index in [0.29, 0.717) is 15.4 Å². The summed E-state index contributed by atoms with van der Waals surface area (Å²) in [5.41, 5.74) is 0.674. The molecule has 0 saturated carbocycles. The zero-order valence-electron chi connectivity index (χ0n) is 8.27. The highest BCUT2D eigenvalue weighted by Crippen LogP contribution is 2.33. The van der Waals surface area contributed by atoms with Crippen molar-refractivity contribution in [1.29, 1.82) is 0 Å². The summed E-state index contributed by atoms with van der Waals surface area (Å²) in [4.78, 5) is 4.05. The fourth-order valence-corrected chi connectivity index (χ4v) is 1.79. The molecule has 1 nitrogen and oxygen atoms in total. The minimum absolute atomic E-state index is 0.518. The number of hydrogen-bond acceptors (Lipinski definition) is 1. The number of fused-ring (bicyclic) bond motifs is 1. The summed E-state index contributed by atoms with van der Waals surface area (Å²) in [6, 6.07) is 3.56. The topological polar surface area (TPSA) is 12.9 Å². The Kier molecular flexibility index (Phi) is 2.66. The minimum atomic E-state index is -4.32. The van der Waals surface area contributed by atoms with Gasteiger partial charge < -0.3 is 0 Å². The van der Waals surface area contributed by atoms with Crippen molar-refractivity contribution in [2.75, 3.05) is 0 Å². The summed E-state index contributed by atoms with van der Waals surface area (Å²) in [7, 11) is 0. The van der Waals surface area contributed by atoms with Gasteiger partial charge in [0.25, 0.3) is 0 Å². The molecule has 0 radical (unpaired) electrons. The van der Waals surface area contributed by atoms with Crippen LogP contribution in [0.1, 0.15) is 11.1 Å². The molecule has 0 bridgehead atoms. The molecule has 16 heavy (non-hydrogen) atoms. The van der Waals surface area contributed by atoms with Gasteiger partial charge in [-0.1, -0.05) is 0 Å². The third kappa shape index (κ3) is 1.91. The first-order chi connectivity index (χ1) is 7.39. The van der Waals surface area contributed by atoms with Crippen molar-refractivity contribution in [2.45, 2.75) is 13.1 Å². The lowest BCUT2D eigenvalue weighted by Crippen LogP contribution is -2.04. The second-order valence-electron chi connectivity index (χ2n) is 3.46. The van der Waals surface area contributed by atoms with Gasteiger partial charge in [0.15, 0.2) is 0 Å². The van der Waals surface area contributed by atoms with Gasteiger partial charge in [-0.05, 0) is 46.6 Å². The van der Waals surface area contributed by atoms with Crippen LogP contribution in [0.15, 0.2) is 28.9 Å². The fourth-order valence-electron chi connectivity index (χ4n) is 1.48. The van der Waals surface area contributed by atoms with Gasteiger partial charge in [-0.25, -0.2) is 0 Å². The summed E-state index contributed by atoms with van der Waals surface area (Å²) < 4.78 is 38.3. The minimum Gasteiger partial charge on any atom is -0.255 e. The number of aromatic nitrogens is 1. The van der Waals surface area contributed by atoms with Gasteiger partial charge in [0.05, 0.1) is 11.1 Å². The van der Waals surface area contributed by atoms with Crippen molar-refractivity contribution in [3.8, 4) is 0 Å². The molecule has 0 spiro atoms. The zero-order chi connectivity index (χ0) is 11.9. The van der Waals surface area contributed by atoms with Gasteiger partial charge in [-0.3, -0.25) is 4.98 Å². The highest BCUT2D eigenvalue weighted by atomic mass is 79.9. The maximum atomic E-state index is 12.5. The van der Waals surface area contributed by atoms with Gasteiger partial charge >= 0.3 is 6.18 Å². The number of halogens is 4. The van der Waals surface area contributed by atoms with E-state index in [9.17, 15) is 13.2 Å². The van der Waals surface area contributed by atoms with Gasteiger partial charge in [-0.2, -0.15) is 13.2 Å². The Labute approximate surface area is 98.4 Å². The smallest absolute Gasteiger partial charge is 0.255 e. The van der Waals surface area contributed by atoms with Crippen molar-refractivity contribution < 1.29 is 13.2 Å². The summed E-state index contributed by atoms with van der Waals surface area (Å²) in [5.74, 6) is 0. The Hall–Kier alpha value is -1.10.